The molecule has 0 amide bonds. The van der Waals surface area contributed by atoms with Crippen LogP contribution in [0.1, 0.15) is 0 Å². The average Bonchev–Trinajstić information content (AvgIpc) is 3.12. The van der Waals surface area contributed by atoms with Gasteiger partial charge in [0.25, 0.3) is 0 Å². The molecule has 1 fully saturated rings. The molecular weight excluding hydrogens is 377 g/mol. The molecule has 3 aromatic rings. The molecule has 4 nitrogen and oxygen atoms in total. The van der Waals surface area contributed by atoms with Crippen LogP contribution in [0.25, 0.3) is 21.8 Å². The fourth-order valence-corrected chi connectivity index (χ4v) is 4.07. The van der Waals surface area contributed by atoms with Gasteiger partial charge in [-0.2, -0.15) is 0 Å². The standard InChI is InChI=1S/C18H15Cl2N3OS/c19-13-1-2-14(15(20)10-13)16-11-25-18(22-16)12-3-4-21-17(9-12)23-5-7-24-8-6-23/h1-4,9-11H,5-8H2. The lowest BCUT2D eigenvalue weighted by Crippen LogP contribution is -2.36. The number of thiazole rings is 1. The van der Waals surface area contributed by atoms with E-state index in [-0.39, 0.29) is 0 Å². The van der Waals surface area contributed by atoms with E-state index in [0.717, 1.165) is 53.9 Å². The van der Waals surface area contributed by atoms with E-state index in [1.807, 2.05) is 29.8 Å². The Bertz CT molecular complexity index is 894. The van der Waals surface area contributed by atoms with E-state index in [1.54, 1.807) is 17.4 Å². The normalized spacial score (nSPS) is 14.7. The predicted molar refractivity (Wildman–Crippen MR) is 104 cm³/mol. The molecule has 0 saturated carbocycles. The van der Waals surface area contributed by atoms with Crippen molar-refractivity contribution in [1.29, 1.82) is 0 Å². The lowest BCUT2D eigenvalue weighted by Gasteiger charge is -2.27. The molecule has 1 aromatic carbocycles. The summed E-state index contributed by atoms with van der Waals surface area (Å²) in [4.78, 5) is 11.5. The van der Waals surface area contributed by atoms with Gasteiger partial charge in [-0.25, -0.2) is 9.97 Å². The highest BCUT2D eigenvalue weighted by Gasteiger charge is 2.15. The van der Waals surface area contributed by atoms with Crippen LogP contribution >= 0.6 is 34.5 Å². The lowest BCUT2D eigenvalue weighted by atomic mass is 10.2. The number of hydrogen-bond acceptors (Lipinski definition) is 5. The number of rotatable bonds is 3. The van der Waals surface area contributed by atoms with Gasteiger partial charge in [0.05, 0.1) is 23.9 Å². The number of hydrogen-bond donors (Lipinski definition) is 0. The van der Waals surface area contributed by atoms with E-state index in [0.29, 0.717) is 10.0 Å². The zero-order valence-corrected chi connectivity index (χ0v) is 15.6. The van der Waals surface area contributed by atoms with E-state index in [1.165, 1.54) is 0 Å². The van der Waals surface area contributed by atoms with E-state index in [2.05, 4.69) is 16.0 Å². The van der Waals surface area contributed by atoms with E-state index < -0.39 is 0 Å². The van der Waals surface area contributed by atoms with E-state index in [4.69, 9.17) is 32.9 Å². The summed E-state index contributed by atoms with van der Waals surface area (Å²) in [5.74, 6) is 0.960. The van der Waals surface area contributed by atoms with Crippen LogP contribution in [-0.4, -0.2) is 36.3 Å². The van der Waals surface area contributed by atoms with Gasteiger partial charge in [0, 0.05) is 40.8 Å². The summed E-state index contributed by atoms with van der Waals surface area (Å²) in [5, 5.41) is 4.18. The lowest BCUT2D eigenvalue weighted by molar-refractivity contribution is 0.122. The fourth-order valence-electron chi connectivity index (χ4n) is 2.74. The molecule has 0 spiro atoms. The maximum Gasteiger partial charge on any atom is 0.129 e. The van der Waals surface area contributed by atoms with Gasteiger partial charge in [0.2, 0.25) is 0 Å². The fraction of sp³-hybridized carbons (Fsp3) is 0.222. The van der Waals surface area contributed by atoms with Crippen molar-refractivity contribution in [3.63, 3.8) is 0 Å². The first-order valence-electron chi connectivity index (χ1n) is 7.91. The first kappa shape index (κ1) is 16.8. The Labute approximate surface area is 160 Å². The molecule has 1 aliphatic heterocycles. The summed E-state index contributed by atoms with van der Waals surface area (Å²) in [5.41, 5.74) is 2.79. The maximum absolute atomic E-state index is 6.30. The molecule has 0 aliphatic carbocycles. The molecule has 0 radical (unpaired) electrons. The van der Waals surface area contributed by atoms with Crippen molar-refractivity contribution in [3.8, 4) is 21.8 Å². The van der Waals surface area contributed by atoms with Crippen LogP contribution in [-0.2, 0) is 4.74 Å². The van der Waals surface area contributed by atoms with Crippen LogP contribution in [0.4, 0.5) is 5.82 Å². The smallest absolute Gasteiger partial charge is 0.129 e. The minimum Gasteiger partial charge on any atom is -0.378 e. The zero-order valence-electron chi connectivity index (χ0n) is 13.3. The van der Waals surface area contributed by atoms with Crippen LogP contribution in [0.15, 0.2) is 41.9 Å². The topological polar surface area (TPSA) is 38.2 Å². The molecule has 1 saturated heterocycles. The molecule has 3 heterocycles. The Morgan fingerprint density at radius 1 is 1.08 bits per heavy atom. The van der Waals surface area contributed by atoms with Crippen molar-refractivity contribution in [1.82, 2.24) is 9.97 Å². The van der Waals surface area contributed by atoms with Crippen LogP contribution in [0.3, 0.4) is 0 Å². The van der Waals surface area contributed by atoms with E-state index >= 15 is 0 Å². The Morgan fingerprint density at radius 2 is 1.92 bits per heavy atom. The van der Waals surface area contributed by atoms with Crippen LogP contribution in [0, 0.1) is 0 Å². The van der Waals surface area contributed by atoms with Crippen molar-refractivity contribution in [3.05, 3.63) is 52.0 Å². The summed E-state index contributed by atoms with van der Waals surface area (Å²) in [6.45, 7) is 3.20. The molecule has 4 rings (SSSR count). The predicted octanol–water partition coefficient (Wildman–Crippen LogP) is 5.02. The van der Waals surface area contributed by atoms with Gasteiger partial charge < -0.3 is 9.64 Å². The van der Waals surface area contributed by atoms with Crippen LogP contribution in [0.5, 0.6) is 0 Å². The highest BCUT2D eigenvalue weighted by Crippen LogP contribution is 2.34. The first-order chi connectivity index (χ1) is 12.2. The molecule has 25 heavy (non-hydrogen) atoms. The second-order valence-electron chi connectivity index (χ2n) is 5.66. The Hall–Kier alpha value is -1.66. The highest BCUT2D eigenvalue weighted by atomic mass is 35.5. The van der Waals surface area contributed by atoms with Crippen molar-refractivity contribution in [2.45, 2.75) is 0 Å². The van der Waals surface area contributed by atoms with Gasteiger partial charge in [-0.15, -0.1) is 11.3 Å². The minimum absolute atomic E-state index is 0.605. The largest absolute Gasteiger partial charge is 0.378 e. The summed E-state index contributed by atoms with van der Waals surface area (Å²) in [7, 11) is 0. The Kier molecular flexibility index (Phi) is 4.90. The number of nitrogens with zero attached hydrogens (tertiary/aromatic N) is 3. The molecule has 7 heteroatoms. The van der Waals surface area contributed by atoms with Crippen molar-refractivity contribution >= 4 is 40.4 Å². The SMILES string of the molecule is Clc1ccc(-c2csc(-c3ccnc(N4CCOCC4)c3)n2)c(Cl)c1. The molecule has 1 aliphatic rings. The maximum atomic E-state index is 6.30. The Balaban J connectivity index is 1.63. The second-order valence-corrected chi connectivity index (χ2v) is 7.37. The zero-order chi connectivity index (χ0) is 17.2. The van der Waals surface area contributed by atoms with Gasteiger partial charge >= 0.3 is 0 Å². The van der Waals surface area contributed by atoms with Crippen molar-refractivity contribution in [2.75, 3.05) is 31.2 Å². The molecule has 0 atom stereocenters. The van der Waals surface area contributed by atoms with Gasteiger partial charge in [-0.1, -0.05) is 23.2 Å². The third-order valence-electron chi connectivity index (χ3n) is 4.04. The van der Waals surface area contributed by atoms with Crippen molar-refractivity contribution in [2.24, 2.45) is 0 Å². The Morgan fingerprint density at radius 3 is 2.72 bits per heavy atom. The summed E-state index contributed by atoms with van der Waals surface area (Å²) in [6.07, 6.45) is 1.83. The van der Waals surface area contributed by atoms with Crippen LogP contribution in [0.2, 0.25) is 10.0 Å². The molecular formula is C18H15Cl2N3OS. The minimum atomic E-state index is 0.605. The van der Waals surface area contributed by atoms with Crippen LogP contribution < -0.4 is 4.90 Å². The van der Waals surface area contributed by atoms with Gasteiger partial charge in [-0.05, 0) is 30.3 Å². The number of ether oxygens (including phenoxy) is 1. The molecule has 0 bridgehead atoms. The number of anilines is 1. The second kappa shape index (κ2) is 7.30. The summed E-state index contributed by atoms with van der Waals surface area (Å²) in [6, 6.07) is 9.52. The summed E-state index contributed by atoms with van der Waals surface area (Å²) >= 11 is 13.9. The van der Waals surface area contributed by atoms with Gasteiger partial charge in [0.1, 0.15) is 10.8 Å². The average molecular weight is 392 g/mol. The highest BCUT2D eigenvalue weighted by molar-refractivity contribution is 7.13. The van der Waals surface area contributed by atoms with Gasteiger partial charge in [0.15, 0.2) is 0 Å². The number of benzene rings is 1. The third kappa shape index (κ3) is 3.65. The first-order valence-corrected chi connectivity index (χ1v) is 9.54. The quantitative estimate of drug-likeness (QED) is 0.628. The molecule has 0 N–H and O–H groups in total. The number of morpholine rings is 1. The number of halogens is 2. The van der Waals surface area contributed by atoms with E-state index in [9.17, 15) is 0 Å². The third-order valence-corrected chi connectivity index (χ3v) is 5.48. The number of pyridine rings is 1. The van der Waals surface area contributed by atoms with Crippen molar-refractivity contribution < 1.29 is 4.74 Å². The van der Waals surface area contributed by atoms with Gasteiger partial charge in [-0.3, -0.25) is 0 Å². The monoisotopic (exact) mass is 391 g/mol. The summed E-state index contributed by atoms with van der Waals surface area (Å²) < 4.78 is 5.41. The molecule has 0 unspecified atom stereocenters. The molecule has 128 valence electrons. The number of aromatic nitrogens is 2. The molecule has 2 aromatic heterocycles.